The van der Waals surface area contributed by atoms with Crippen LogP contribution in [-0.2, 0) is 10.0 Å². The normalized spacial score (nSPS) is 14.9. The minimum atomic E-state index is -3.56. The van der Waals surface area contributed by atoms with Gasteiger partial charge >= 0.3 is 0 Å². The van der Waals surface area contributed by atoms with Crippen LogP contribution in [0.1, 0.15) is 6.92 Å². The molecule has 2 N–H and O–H groups in total. The van der Waals surface area contributed by atoms with E-state index in [1.165, 1.54) is 12.3 Å². The number of piperazine rings is 1. The molecule has 2 aromatic rings. The van der Waals surface area contributed by atoms with Crippen LogP contribution in [0.2, 0.25) is 0 Å². The molecular weight excluding hydrogens is 517 g/mol. The molecule has 11 heteroatoms. The first-order chi connectivity index (χ1) is 14.1. The van der Waals surface area contributed by atoms with Crippen LogP contribution in [0.4, 0.5) is 5.82 Å². The number of aliphatic imine (C=N–C) groups is 1. The lowest BCUT2D eigenvalue weighted by Crippen LogP contribution is -2.52. The topological polar surface area (TPSA) is 103 Å². The predicted octanol–water partition coefficient (Wildman–Crippen LogP) is 1.16. The van der Waals surface area contributed by atoms with Crippen LogP contribution in [0.25, 0.3) is 0 Å². The van der Waals surface area contributed by atoms with Gasteiger partial charge in [-0.25, -0.2) is 18.1 Å². The van der Waals surface area contributed by atoms with Crippen LogP contribution in [0.3, 0.4) is 0 Å². The summed E-state index contributed by atoms with van der Waals surface area (Å²) < 4.78 is 27.0. The number of rotatable bonds is 7. The van der Waals surface area contributed by atoms with E-state index < -0.39 is 10.0 Å². The maximum Gasteiger partial charge on any atom is 0.242 e. The molecule has 0 saturated carbocycles. The molecule has 164 valence electrons. The van der Waals surface area contributed by atoms with Crippen molar-refractivity contribution in [2.75, 3.05) is 50.7 Å². The lowest BCUT2D eigenvalue weighted by atomic mass is 10.3. The van der Waals surface area contributed by atoms with Gasteiger partial charge in [-0.1, -0.05) is 6.07 Å². The average molecular weight is 545 g/mol. The van der Waals surface area contributed by atoms with Crippen LogP contribution in [0.5, 0.6) is 0 Å². The van der Waals surface area contributed by atoms with Crippen LogP contribution < -0.4 is 14.9 Å². The Bertz CT molecular complexity index is 890. The highest BCUT2D eigenvalue weighted by Crippen LogP contribution is 2.12. The van der Waals surface area contributed by atoms with Crippen molar-refractivity contribution in [3.05, 3.63) is 48.9 Å². The minimum Gasteiger partial charge on any atom is -0.357 e. The van der Waals surface area contributed by atoms with E-state index in [9.17, 15) is 8.42 Å². The van der Waals surface area contributed by atoms with Gasteiger partial charge < -0.3 is 15.1 Å². The van der Waals surface area contributed by atoms with E-state index >= 15 is 0 Å². The van der Waals surface area contributed by atoms with Gasteiger partial charge in [0.25, 0.3) is 0 Å². The van der Waals surface area contributed by atoms with E-state index in [0.29, 0.717) is 6.54 Å². The molecule has 1 fully saturated rings. The van der Waals surface area contributed by atoms with Gasteiger partial charge in [0, 0.05) is 57.9 Å². The quantitative estimate of drug-likeness (QED) is 0.233. The number of sulfonamides is 1. The first kappa shape index (κ1) is 24.3. The Hall–Kier alpha value is -1.99. The molecule has 0 radical (unpaired) electrons. The van der Waals surface area contributed by atoms with Gasteiger partial charge in [0.15, 0.2) is 5.96 Å². The summed E-state index contributed by atoms with van der Waals surface area (Å²) in [7, 11) is -3.56. The van der Waals surface area contributed by atoms with Crippen molar-refractivity contribution in [2.24, 2.45) is 4.99 Å². The second kappa shape index (κ2) is 12.0. The predicted molar refractivity (Wildman–Crippen MR) is 129 cm³/mol. The summed E-state index contributed by atoms with van der Waals surface area (Å²) in [5.41, 5.74) is 0. The van der Waals surface area contributed by atoms with Gasteiger partial charge in [-0.3, -0.25) is 9.98 Å². The van der Waals surface area contributed by atoms with Gasteiger partial charge in [0.05, 0.1) is 6.54 Å². The van der Waals surface area contributed by atoms with Crippen LogP contribution >= 0.6 is 24.0 Å². The molecule has 0 aliphatic carbocycles. The van der Waals surface area contributed by atoms with Crippen molar-refractivity contribution in [3.63, 3.8) is 0 Å². The number of pyridine rings is 2. The number of guanidine groups is 1. The van der Waals surface area contributed by atoms with Crippen LogP contribution in [0, 0.1) is 0 Å². The third kappa shape index (κ3) is 6.77. The standard InChI is InChI=1S/C19H27N7O2S.HI/c1-2-21-19(23-10-11-24-29(27,28)17-6-5-8-20-16-17)26-14-12-25(13-15-26)18-7-3-4-9-22-18;/h3-9,16,24H,2,10-15H2,1H3,(H,21,23);1H. The molecule has 0 bridgehead atoms. The molecule has 1 aliphatic heterocycles. The Morgan fingerprint density at radius 1 is 1.13 bits per heavy atom. The van der Waals surface area contributed by atoms with Gasteiger partial charge in [-0.2, -0.15) is 0 Å². The molecule has 1 saturated heterocycles. The second-order valence-electron chi connectivity index (χ2n) is 6.48. The molecule has 0 unspecified atom stereocenters. The molecule has 0 amide bonds. The fourth-order valence-corrected chi connectivity index (χ4v) is 4.03. The maximum atomic E-state index is 12.2. The maximum absolute atomic E-state index is 12.2. The third-order valence-corrected chi connectivity index (χ3v) is 5.94. The van der Waals surface area contributed by atoms with Crippen molar-refractivity contribution < 1.29 is 8.42 Å². The van der Waals surface area contributed by atoms with Gasteiger partial charge in [0.1, 0.15) is 10.7 Å². The molecule has 0 atom stereocenters. The second-order valence-corrected chi connectivity index (χ2v) is 8.25. The van der Waals surface area contributed by atoms with Gasteiger partial charge in [-0.15, -0.1) is 24.0 Å². The number of anilines is 1. The molecule has 30 heavy (non-hydrogen) atoms. The summed E-state index contributed by atoms with van der Waals surface area (Å²) in [6.07, 6.45) is 4.68. The number of hydrogen-bond donors (Lipinski definition) is 2. The summed E-state index contributed by atoms with van der Waals surface area (Å²) in [5, 5.41) is 3.29. The molecule has 9 nitrogen and oxygen atoms in total. The first-order valence-electron chi connectivity index (χ1n) is 9.69. The first-order valence-corrected chi connectivity index (χ1v) is 11.2. The smallest absolute Gasteiger partial charge is 0.242 e. The summed E-state index contributed by atoms with van der Waals surface area (Å²) in [4.78, 5) is 17.4. The summed E-state index contributed by atoms with van der Waals surface area (Å²) >= 11 is 0. The van der Waals surface area contributed by atoms with E-state index in [4.69, 9.17) is 0 Å². The lowest BCUT2D eigenvalue weighted by molar-refractivity contribution is 0.371. The van der Waals surface area contributed by atoms with Gasteiger partial charge in [-0.05, 0) is 31.2 Å². The summed E-state index contributed by atoms with van der Waals surface area (Å²) in [6.45, 7) is 6.70. The zero-order valence-electron chi connectivity index (χ0n) is 16.9. The Labute approximate surface area is 195 Å². The Morgan fingerprint density at radius 2 is 1.93 bits per heavy atom. The fraction of sp³-hybridized carbons (Fsp3) is 0.421. The van der Waals surface area contributed by atoms with Crippen molar-refractivity contribution in [1.29, 1.82) is 0 Å². The number of halogens is 1. The third-order valence-electron chi connectivity index (χ3n) is 4.50. The number of nitrogens with zero attached hydrogens (tertiary/aromatic N) is 5. The molecule has 3 heterocycles. The van der Waals surface area contributed by atoms with E-state index in [1.54, 1.807) is 18.5 Å². The molecule has 0 spiro atoms. The molecule has 2 aromatic heterocycles. The summed E-state index contributed by atoms with van der Waals surface area (Å²) in [6, 6.07) is 9.04. The highest BCUT2D eigenvalue weighted by Gasteiger charge is 2.20. The zero-order valence-corrected chi connectivity index (χ0v) is 20.1. The van der Waals surface area contributed by atoms with Gasteiger partial charge in [0.2, 0.25) is 10.0 Å². The van der Waals surface area contributed by atoms with Crippen molar-refractivity contribution in [1.82, 2.24) is 24.9 Å². The lowest BCUT2D eigenvalue weighted by Gasteiger charge is -2.37. The van der Waals surface area contributed by atoms with E-state index in [2.05, 4.69) is 34.8 Å². The Kier molecular flexibility index (Phi) is 9.72. The SMILES string of the molecule is CCNC(=NCCNS(=O)(=O)c1cccnc1)N1CCN(c2ccccn2)CC1.I. The number of nitrogens with one attached hydrogen (secondary N) is 2. The number of hydrogen-bond acceptors (Lipinski definition) is 6. The average Bonchev–Trinajstić information content (AvgIpc) is 2.77. The molecular formula is C19H28IN7O2S. The summed E-state index contributed by atoms with van der Waals surface area (Å²) in [5.74, 6) is 1.78. The molecule has 1 aliphatic rings. The monoisotopic (exact) mass is 545 g/mol. The minimum absolute atomic E-state index is 0. The van der Waals surface area contributed by atoms with Crippen LogP contribution in [-0.4, -0.2) is 75.1 Å². The van der Waals surface area contributed by atoms with Crippen LogP contribution in [0.15, 0.2) is 58.8 Å². The molecule has 3 rings (SSSR count). The van der Waals surface area contributed by atoms with E-state index in [-0.39, 0.29) is 35.4 Å². The number of aromatic nitrogens is 2. The van der Waals surface area contributed by atoms with E-state index in [0.717, 1.165) is 44.5 Å². The molecule has 0 aromatic carbocycles. The Balaban J connectivity index is 0.00000320. The highest BCUT2D eigenvalue weighted by atomic mass is 127. The van der Waals surface area contributed by atoms with Crippen molar-refractivity contribution in [3.8, 4) is 0 Å². The van der Waals surface area contributed by atoms with Crippen molar-refractivity contribution in [2.45, 2.75) is 11.8 Å². The van der Waals surface area contributed by atoms with E-state index in [1.807, 2.05) is 25.1 Å². The highest BCUT2D eigenvalue weighted by molar-refractivity contribution is 14.0. The zero-order chi connectivity index (χ0) is 20.5. The fourth-order valence-electron chi connectivity index (χ4n) is 3.05. The Morgan fingerprint density at radius 3 is 2.57 bits per heavy atom. The van der Waals surface area contributed by atoms with Crippen molar-refractivity contribution >= 4 is 45.8 Å². The largest absolute Gasteiger partial charge is 0.357 e.